The summed E-state index contributed by atoms with van der Waals surface area (Å²) in [6, 6.07) is 4.88. The van der Waals surface area contributed by atoms with E-state index in [9.17, 15) is 4.79 Å². The fourth-order valence-electron chi connectivity index (χ4n) is 1.18. The summed E-state index contributed by atoms with van der Waals surface area (Å²) in [5.41, 5.74) is 12.4. The number of benzene rings is 1. The molecule has 1 amide bonds. The van der Waals surface area contributed by atoms with E-state index in [1.807, 2.05) is 20.8 Å². The van der Waals surface area contributed by atoms with Gasteiger partial charge in [-0.2, -0.15) is 0 Å². The van der Waals surface area contributed by atoms with Crippen molar-refractivity contribution >= 4 is 17.3 Å². The Bertz CT molecular complexity index is 380. The van der Waals surface area contributed by atoms with Gasteiger partial charge in [0, 0.05) is 16.9 Å². The Kier molecular flexibility index (Phi) is 2.88. The van der Waals surface area contributed by atoms with Gasteiger partial charge in [0.05, 0.1) is 5.56 Å². The van der Waals surface area contributed by atoms with Crippen LogP contribution in [0.2, 0.25) is 0 Å². The Balaban J connectivity index is 2.96. The number of nitrogen functional groups attached to an aromatic ring is 2. The number of anilines is 2. The van der Waals surface area contributed by atoms with Gasteiger partial charge in [-0.1, -0.05) is 0 Å². The molecule has 5 N–H and O–H groups in total. The number of hydrogen-bond donors (Lipinski definition) is 3. The van der Waals surface area contributed by atoms with Crippen molar-refractivity contribution in [1.82, 2.24) is 5.32 Å². The van der Waals surface area contributed by atoms with Gasteiger partial charge in [0.15, 0.2) is 0 Å². The quantitative estimate of drug-likeness (QED) is 0.608. The first-order chi connectivity index (χ1) is 6.79. The van der Waals surface area contributed by atoms with Crippen molar-refractivity contribution in [2.24, 2.45) is 0 Å². The van der Waals surface area contributed by atoms with E-state index >= 15 is 0 Å². The number of rotatable bonds is 1. The SMILES string of the molecule is CC(C)(C)NC(=O)c1cc(N)ccc1N. The minimum absolute atomic E-state index is 0.202. The predicted molar refractivity (Wildman–Crippen MR) is 62.5 cm³/mol. The van der Waals surface area contributed by atoms with Gasteiger partial charge >= 0.3 is 0 Å². The second-order valence-electron chi connectivity index (χ2n) is 4.55. The largest absolute Gasteiger partial charge is 0.399 e. The third kappa shape index (κ3) is 3.16. The third-order valence-corrected chi connectivity index (χ3v) is 1.81. The van der Waals surface area contributed by atoms with Crippen molar-refractivity contribution in [2.75, 3.05) is 11.5 Å². The molecule has 0 heterocycles. The van der Waals surface area contributed by atoms with Crippen molar-refractivity contribution in [3.63, 3.8) is 0 Å². The minimum Gasteiger partial charge on any atom is -0.399 e. The van der Waals surface area contributed by atoms with Crippen LogP contribution in [0.3, 0.4) is 0 Å². The molecule has 0 fully saturated rings. The Morgan fingerprint density at radius 3 is 2.40 bits per heavy atom. The maximum atomic E-state index is 11.8. The van der Waals surface area contributed by atoms with E-state index in [1.165, 1.54) is 0 Å². The van der Waals surface area contributed by atoms with Gasteiger partial charge in [0.25, 0.3) is 5.91 Å². The monoisotopic (exact) mass is 207 g/mol. The van der Waals surface area contributed by atoms with Crippen molar-refractivity contribution < 1.29 is 4.79 Å². The molecule has 0 atom stereocenters. The van der Waals surface area contributed by atoms with Crippen molar-refractivity contribution in [1.29, 1.82) is 0 Å². The molecule has 0 radical (unpaired) electrons. The fraction of sp³-hybridized carbons (Fsp3) is 0.364. The summed E-state index contributed by atoms with van der Waals surface area (Å²) in [4.78, 5) is 11.8. The molecule has 15 heavy (non-hydrogen) atoms. The molecular formula is C11H17N3O. The Morgan fingerprint density at radius 2 is 1.87 bits per heavy atom. The summed E-state index contributed by atoms with van der Waals surface area (Å²) in [6.07, 6.45) is 0. The van der Waals surface area contributed by atoms with Crippen LogP contribution in [0.1, 0.15) is 31.1 Å². The highest BCUT2D eigenvalue weighted by Crippen LogP contribution is 2.16. The van der Waals surface area contributed by atoms with Gasteiger partial charge in [-0.15, -0.1) is 0 Å². The highest BCUT2D eigenvalue weighted by atomic mass is 16.1. The topological polar surface area (TPSA) is 81.1 Å². The molecule has 0 spiro atoms. The van der Waals surface area contributed by atoms with Crippen LogP contribution in [0.5, 0.6) is 0 Å². The second-order valence-corrected chi connectivity index (χ2v) is 4.55. The molecule has 0 aromatic heterocycles. The summed E-state index contributed by atoms with van der Waals surface area (Å²) in [6.45, 7) is 5.73. The van der Waals surface area contributed by atoms with E-state index in [4.69, 9.17) is 11.5 Å². The normalized spacial score (nSPS) is 11.1. The summed E-state index contributed by atoms with van der Waals surface area (Å²) in [5, 5.41) is 2.83. The molecule has 0 aliphatic carbocycles. The maximum absolute atomic E-state index is 11.8. The summed E-state index contributed by atoms with van der Waals surface area (Å²) < 4.78 is 0. The first-order valence-corrected chi connectivity index (χ1v) is 4.77. The predicted octanol–water partition coefficient (Wildman–Crippen LogP) is 1.38. The highest BCUT2D eigenvalue weighted by Gasteiger charge is 2.17. The lowest BCUT2D eigenvalue weighted by Crippen LogP contribution is -2.40. The third-order valence-electron chi connectivity index (χ3n) is 1.81. The molecule has 82 valence electrons. The van der Waals surface area contributed by atoms with E-state index in [2.05, 4.69) is 5.32 Å². The van der Waals surface area contributed by atoms with Gasteiger partial charge < -0.3 is 16.8 Å². The zero-order chi connectivity index (χ0) is 11.6. The zero-order valence-corrected chi connectivity index (χ0v) is 9.29. The second kappa shape index (κ2) is 3.81. The molecule has 4 heteroatoms. The lowest BCUT2D eigenvalue weighted by Gasteiger charge is -2.21. The average molecular weight is 207 g/mol. The number of nitrogens with one attached hydrogen (secondary N) is 1. The van der Waals surface area contributed by atoms with Gasteiger partial charge in [-0.05, 0) is 39.0 Å². The van der Waals surface area contributed by atoms with Crippen molar-refractivity contribution in [2.45, 2.75) is 26.3 Å². The fourth-order valence-corrected chi connectivity index (χ4v) is 1.18. The minimum atomic E-state index is -0.284. The zero-order valence-electron chi connectivity index (χ0n) is 9.29. The number of amides is 1. The highest BCUT2D eigenvalue weighted by molar-refractivity contribution is 6.00. The molecule has 4 nitrogen and oxygen atoms in total. The standard InChI is InChI=1S/C11H17N3O/c1-11(2,3)14-10(15)8-6-7(12)4-5-9(8)13/h4-6H,12-13H2,1-3H3,(H,14,15). The van der Waals surface area contributed by atoms with Crippen molar-refractivity contribution in [3.05, 3.63) is 23.8 Å². The Morgan fingerprint density at radius 1 is 1.27 bits per heavy atom. The van der Waals surface area contributed by atoms with E-state index in [-0.39, 0.29) is 11.4 Å². The first kappa shape index (κ1) is 11.4. The first-order valence-electron chi connectivity index (χ1n) is 4.77. The lowest BCUT2D eigenvalue weighted by molar-refractivity contribution is 0.0920. The van der Waals surface area contributed by atoms with Crippen LogP contribution >= 0.6 is 0 Å². The van der Waals surface area contributed by atoms with Gasteiger partial charge in [-0.3, -0.25) is 4.79 Å². The smallest absolute Gasteiger partial charge is 0.253 e. The molecule has 0 aliphatic rings. The number of hydrogen-bond acceptors (Lipinski definition) is 3. The molecule has 0 saturated carbocycles. The maximum Gasteiger partial charge on any atom is 0.253 e. The van der Waals surface area contributed by atoms with Crippen LogP contribution in [-0.2, 0) is 0 Å². The molecule has 0 bridgehead atoms. The van der Waals surface area contributed by atoms with E-state index < -0.39 is 0 Å². The van der Waals surface area contributed by atoms with Gasteiger partial charge in [-0.25, -0.2) is 0 Å². The number of carbonyl (C=O) groups excluding carboxylic acids is 1. The lowest BCUT2D eigenvalue weighted by atomic mass is 10.1. The molecule has 0 unspecified atom stereocenters. The number of carbonyl (C=O) groups is 1. The number of nitrogens with two attached hydrogens (primary N) is 2. The van der Waals surface area contributed by atoms with Crippen LogP contribution < -0.4 is 16.8 Å². The molecule has 1 aromatic carbocycles. The molecule has 0 aliphatic heterocycles. The Labute approximate surface area is 89.6 Å². The summed E-state index contributed by atoms with van der Waals surface area (Å²) in [7, 11) is 0. The Hall–Kier alpha value is -1.71. The van der Waals surface area contributed by atoms with Crippen LogP contribution in [-0.4, -0.2) is 11.4 Å². The van der Waals surface area contributed by atoms with Crippen LogP contribution in [0.25, 0.3) is 0 Å². The average Bonchev–Trinajstić information content (AvgIpc) is 2.06. The molecular weight excluding hydrogens is 190 g/mol. The van der Waals surface area contributed by atoms with E-state index in [0.29, 0.717) is 16.9 Å². The van der Waals surface area contributed by atoms with Crippen LogP contribution in [0, 0.1) is 0 Å². The molecule has 1 aromatic rings. The van der Waals surface area contributed by atoms with Crippen LogP contribution in [0.4, 0.5) is 11.4 Å². The molecule has 0 saturated heterocycles. The van der Waals surface area contributed by atoms with Crippen LogP contribution in [0.15, 0.2) is 18.2 Å². The van der Waals surface area contributed by atoms with Crippen molar-refractivity contribution in [3.8, 4) is 0 Å². The summed E-state index contributed by atoms with van der Waals surface area (Å²) >= 11 is 0. The van der Waals surface area contributed by atoms with Gasteiger partial charge in [0.2, 0.25) is 0 Å². The van der Waals surface area contributed by atoms with Gasteiger partial charge in [0.1, 0.15) is 0 Å². The van der Waals surface area contributed by atoms with E-state index in [1.54, 1.807) is 18.2 Å². The summed E-state index contributed by atoms with van der Waals surface area (Å²) in [5.74, 6) is -0.202. The molecule has 1 rings (SSSR count). The van der Waals surface area contributed by atoms with E-state index in [0.717, 1.165) is 0 Å².